The average Bonchev–Trinajstić information content (AvgIpc) is 2.47. The van der Waals surface area contributed by atoms with Gasteiger partial charge in [-0.2, -0.15) is 0 Å². The van der Waals surface area contributed by atoms with Crippen LogP contribution < -0.4 is 5.56 Å². The summed E-state index contributed by atoms with van der Waals surface area (Å²) in [6.45, 7) is 0. The molecule has 2 heterocycles. The number of hydrogen-bond acceptors (Lipinski definition) is 2. The van der Waals surface area contributed by atoms with Gasteiger partial charge in [0.2, 0.25) is 0 Å². The van der Waals surface area contributed by atoms with E-state index in [9.17, 15) is 4.79 Å². The van der Waals surface area contributed by atoms with Gasteiger partial charge in [-0.25, -0.2) is 0 Å². The van der Waals surface area contributed by atoms with E-state index in [-0.39, 0.29) is 5.56 Å². The summed E-state index contributed by atoms with van der Waals surface area (Å²) >= 11 is 0. The Kier molecular flexibility index (Phi) is 1.73. The summed E-state index contributed by atoms with van der Waals surface area (Å²) in [5.74, 6) is 0. The molecule has 0 atom stereocenters. The molecule has 0 saturated heterocycles. The molecule has 66 valence electrons. The lowest BCUT2D eigenvalue weighted by Crippen LogP contribution is -2.03. The number of H-pyrrole nitrogens is 1. The van der Waals surface area contributed by atoms with E-state index in [1.54, 1.807) is 30.3 Å². The summed E-state index contributed by atoms with van der Waals surface area (Å²) in [5.41, 5.74) is 1.40. The zero-order chi connectivity index (χ0) is 9.26. The molecule has 0 saturated carbocycles. The molecule has 0 unspecified atom stereocenters. The molecule has 0 fully saturated rings. The van der Waals surface area contributed by atoms with Crippen LogP contribution in [0, 0.1) is 0 Å². The number of aryl methyl sites for hydroxylation is 1. The second-order valence-corrected chi connectivity index (χ2v) is 2.84. The Morgan fingerprint density at radius 3 is 2.92 bits per heavy atom. The maximum Gasteiger partial charge on any atom is 0.271 e. The van der Waals surface area contributed by atoms with Crippen molar-refractivity contribution in [2.45, 2.75) is 0 Å². The fourth-order valence-corrected chi connectivity index (χ4v) is 1.23. The second-order valence-electron chi connectivity index (χ2n) is 2.84. The Morgan fingerprint density at radius 2 is 2.38 bits per heavy atom. The van der Waals surface area contributed by atoms with Crippen molar-refractivity contribution in [2.24, 2.45) is 7.05 Å². The van der Waals surface area contributed by atoms with Gasteiger partial charge in [0.1, 0.15) is 0 Å². The van der Waals surface area contributed by atoms with Crippen molar-refractivity contribution >= 4 is 0 Å². The maximum atomic E-state index is 11.3. The third kappa shape index (κ3) is 1.38. The van der Waals surface area contributed by atoms with E-state index in [0.717, 1.165) is 5.56 Å². The van der Waals surface area contributed by atoms with E-state index < -0.39 is 0 Å². The van der Waals surface area contributed by atoms with E-state index in [0.29, 0.717) is 5.56 Å². The first kappa shape index (κ1) is 7.79. The normalized spacial score (nSPS) is 10.2. The number of nitrogens with zero attached hydrogens (tertiary/aromatic N) is 2. The van der Waals surface area contributed by atoms with E-state index in [1.165, 1.54) is 0 Å². The number of hydrogen-bond donors (Lipinski definition) is 1. The molecule has 0 aromatic carbocycles. The van der Waals surface area contributed by atoms with E-state index in [1.807, 2.05) is 12.1 Å². The van der Waals surface area contributed by atoms with Crippen LogP contribution >= 0.6 is 0 Å². The van der Waals surface area contributed by atoms with Crippen LogP contribution in [0.25, 0.3) is 11.1 Å². The predicted molar refractivity (Wildman–Crippen MR) is 49.3 cm³/mol. The minimum atomic E-state index is -0.0875. The topological polar surface area (TPSA) is 50.7 Å². The summed E-state index contributed by atoms with van der Waals surface area (Å²) in [6, 6.07) is 3.67. The number of aromatic nitrogens is 3. The molecule has 0 spiro atoms. The summed E-state index contributed by atoms with van der Waals surface area (Å²) in [5, 5.41) is 2.64. The fourth-order valence-electron chi connectivity index (χ4n) is 1.23. The van der Waals surface area contributed by atoms with Crippen molar-refractivity contribution in [3.63, 3.8) is 0 Å². The molecular formula is C9H9N3O. The fraction of sp³-hybridized carbons (Fsp3) is 0.111. The standard InChI is InChI=1S/C9H9N3O/c1-12-6-8(9(13)11-12)7-3-2-4-10-5-7/h2-6H,1H3,(H,11,13). The van der Waals surface area contributed by atoms with Gasteiger partial charge in [0, 0.05) is 31.2 Å². The van der Waals surface area contributed by atoms with Gasteiger partial charge in [0.05, 0.1) is 5.56 Å². The van der Waals surface area contributed by atoms with Crippen molar-refractivity contribution in [3.05, 3.63) is 41.1 Å². The molecular weight excluding hydrogens is 166 g/mol. The number of nitrogens with one attached hydrogen (secondary N) is 1. The lowest BCUT2D eigenvalue weighted by molar-refractivity contribution is 0.756. The molecule has 4 heteroatoms. The summed E-state index contributed by atoms with van der Waals surface area (Å²) in [6.07, 6.45) is 5.10. The van der Waals surface area contributed by atoms with Gasteiger partial charge >= 0.3 is 0 Å². The van der Waals surface area contributed by atoms with E-state index in [2.05, 4.69) is 10.1 Å². The van der Waals surface area contributed by atoms with Crippen LogP contribution in [0.4, 0.5) is 0 Å². The Bertz CT molecular complexity index is 455. The monoisotopic (exact) mass is 175 g/mol. The zero-order valence-corrected chi connectivity index (χ0v) is 7.19. The quantitative estimate of drug-likeness (QED) is 0.696. The summed E-state index contributed by atoms with van der Waals surface area (Å²) in [4.78, 5) is 15.3. The molecule has 0 aliphatic rings. The Balaban J connectivity index is 2.59. The first-order valence-corrected chi connectivity index (χ1v) is 3.93. The molecule has 2 rings (SSSR count). The van der Waals surface area contributed by atoms with Crippen LogP contribution in [-0.4, -0.2) is 14.8 Å². The highest BCUT2D eigenvalue weighted by atomic mass is 16.1. The third-order valence-corrected chi connectivity index (χ3v) is 1.82. The highest BCUT2D eigenvalue weighted by Gasteiger charge is 2.03. The van der Waals surface area contributed by atoms with Crippen LogP contribution in [0.15, 0.2) is 35.5 Å². The molecule has 4 nitrogen and oxygen atoms in total. The molecule has 0 aliphatic carbocycles. The third-order valence-electron chi connectivity index (χ3n) is 1.82. The Hall–Kier alpha value is -1.84. The lowest BCUT2D eigenvalue weighted by atomic mass is 10.2. The first-order chi connectivity index (χ1) is 6.27. The molecule has 13 heavy (non-hydrogen) atoms. The van der Waals surface area contributed by atoms with Crippen LogP contribution in [0.3, 0.4) is 0 Å². The summed E-state index contributed by atoms with van der Waals surface area (Å²) in [7, 11) is 1.78. The smallest absolute Gasteiger partial charge is 0.271 e. The molecule has 0 amide bonds. The Labute approximate surface area is 74.8 Å². The van der Waals surface area contributed by atoms with Gasteiger partial charge in [-0.15, -0.1) is 0 Å². The van der Waals surface area contributed by atoms with E-state index in [4.69, 9.17) is 0 Å². The number of pyridine rings is 1. The predicted octanol–water partition coefficient (Wildman–Crippen LogP) is 0.775. The van der Waals surface area contributed by atoms with Gasteiger partial charge in [0.25, 0.3) is 5.56 Å². The second kappa shape index (κ2) is 2.90. The highest BCUT2D eigenvalue weighted by Crippen LogP contribution is 2.11. The number of aromatic amines is 1. The van der Waals surface area contributed by atoms with Gasteiger partial charge in [0.15, 0.2) is 0 Å². The van der Waals surface area contributed by atoms with Gasteiger partial charge in [-0.3, -0.25) is 19.6 Å². The average molecular weight is 175 g/mol. The highest BCUT2D eigenvalue weighted by molar-refractivity contribution is 5.59. The van der Waals surface area contributed by atoms with Crippen molar-refractivity contribution in [1.29, 1.82) is 0 Å². The largest absolute Gasteiger partial charge is 0.295 e. The molecule has 0 aliphatic heterocycles. The van der Waals surface area contributed by atoms with Gasteiger partial charge < -0.3 is 0 Å². The van der Waals surface area contributed by atoms with Crippen LogP contribution in [0.2, 0.25) is 0 Å². The Morgan fingerprint density at radius 1 is 1.54 bits per heavy atom. The van der Waals surface area contributed by atoms with Crippen LogP contribution in [0.1, 0.15) is 0 Å². The molecule has 0 bridgehead atoms. The van der Waals surface area contributed by atoms with Crippen LogP contribution in [0.5, 0.6) is 0 Å². The molecule has 1 N–H and O–H groups in total. The minimum absolute atomic E-state index is 0.0875. The molecule has 0 radical (unpaired) electrons. The van der Waals surface area contributed by atoms with Gasteiger partial charge in [-0.05, 0) is 6.07 Å². The lowest BCUT2D eigenvalue weighted by Gasteiger charge is -1.91. The van der Waals surface area contributed by atoms with E-state index >= 15 is 0 Å². The van der Waals surface area contributed by atoms with Crippen molar-refractivity contribution in [1.82, 2.24) is 14.8 Å². The molecule has 2 aromatic heterocycles. The maximum absolute atomic E-state index is 11.3. The number of rotatable bonds is 1. The van der Waals surface area contributed by atoms with Gasteiger partial charge in [-0.1, -0.05) is 6.07 Å². The minimum Gasteiger partial charge on any atom is -0.295 e. The SMILES string of the molecule is Cn1cc(-c2cccnc2)c(=O)[nH]1. The van der Waals surface area contributed by atoms with Crippen molar-refractivity contribution in [3.8, 4) is 11.1 Å². The van der Waals surface area contributed by atoms with Crippen molar-refractivity contribution < 1.29 is 0 Å². The summed E-state index contributed by atoms with van der Waals surface area (Å²) < 4.78 is 1.63. The first-order valence-electron chi connectivity index (χ1n) is 3.93. The zero-order valence-electron chi connectivity index (χ0n) is 7.19. The van der Waals surface area contributed by atoms with Crippen molar-refractivity contribution in [2.75, 3.05) is 0 Å². The van der Waals surface area contributed by atoms with Crippen LogP contribution in [-0.2, 0) is 7.05 Å². The molecule has 2 aromatic rings.